The molecule has 1 saturated heterocycles. The SMILES string of the molecule is Cc1cc(CN2CCN(C(=O)NCc3ccncc3)CC2)on1. The summed E-state index contributed by atoms with van der Waals surface area (Å²) in [7, 11) is 0. The van der Waals surface area contributed by atoms with E-state index in [1.807, 2.05) is 30.0 Å². The largest absolute Gasteiger partial charge is 0.360 e. The molecule has 1 aliphatic rings. The molecule has 0 unspecified atom stereocenters. The molecular weight excluding hydrogens is 294 g/mol. The van der Waals surface area contributed by atoms with Crippen molar-refractivity contribution < 1.29 is 9.32 Å². The monoisotopic (exact) mass is 315 g/mol. The first-order valence-corrected chi connectivity index (χ1v) is 7.77. The Balaban J connectivity index is 1.42. The zero-order valence-corrected chi connectivity index (χ0v) is 13.2. The summed E-state index contributed by atoms with van der Waals surface area (Å²) in [6.07, 6.45) is 3.46. The van der Waals surface area contributed by atoms with Crippen molar-refractivity contribution in [1.82, 2.24) is 25.3 Å². The molecule has 2 aromatic rings. The molecule has 7 nitrogen and oxygen atoms in total. The first-order valence-electron chi connectivity index (χ1n) is 7.77. The van der Waals surface area contributed by atoms with E-state index in [9.17, 15) is 4.79 Å². The molecule has 0 radical (unpaired) electrons. The fourth-order valence-electron chi connectivity index (χ4n) is 2.61. The fraction of sp³-hybridized carbons (Fsp3) is 0.438. The minimum Gasteiger partial charge on any atom is -0.360 e. The molecule has 23 heavy (non-hydrogen) atoms. The highest BCUT2D eigenvalue weighted by molar-refractivity contribution is 5.74. The summed E-state index contributed by atoms with van der Waals surface area (Å²) in [6.45, 7) is 6.29. The highest BCUT2D eigenvalue weighted by Gasteiger charge is 2.21. The van der Waals surface area contributed by atoms with Gasteiger partial charge in [-0.05, 0) is 24.6 Å². The molecule has 1 aliphatic heterocycles. The van der Waals surface area contributed by atoms with E-state index in [0.29, 0.717) is 6.54 Å². The second-order valence-corrected chi connectivity index (χ2v) is 5.71. The Morgan fingerprint density at radius 3 is 2.65 bits per heavy atom. The van der Waals surface area contributed by atoms with Crippen molar-refractivity contribution >= 4 is 6.03 Å². The molecule has 122 valence electrons. The molecule has 7 heteroatoms. The van der Waals surface area contributed by atoms with E-state index < -0.39 is 0 Å². The quantitative estimate of drug-likeness (QED) is 0.923. The first kappa shape index (κ1) is 15.5. The van der Waals surface area contributed by atoms with Gasteiger partial charge in [0.15, 0.2) is 5.76 Å². The molecule has 0 aliphatic carbocycles. The van der Waals surface area contributed by atoms with Crippen LogP contribution in [0.25, 0.3) is 0 Å². The molecule has 0 bridgehead atoms. The minimum atomic E-state index is -0.0167. The average Bonchev–Trinajstić information content (AvgIpc) is 2.99. The van der Waals surface area contributed by atoms with Crippen LogP contribution in [-0.4, -0.2) is 52.2 Å². The highest BCUT2D eigenvalue weighted by Crippen LogP contribution is 2.10. The third-order valence-corrected chi connectivity index (χ3v) is 3.91. The third kappa shape index (κ3) is 4.29. The van der Waals surface area contributed by atoms with Crippen LogP contribution >= 0.6 is 0 Å². The Kier molecular flexibility index (Phi) is 4.87. The van der Waals surface area contributed by atoms with Crippen molar-refractivity contribution in [3.05, 3.63) is 47.6 Å². The van der Waals surface area contributed by atoms with Crippen molar-refractivity contribution in [1.29, 1.82) is 0 Å². The van der Waals surface area contributed by atoms with Gasteiger partial charge in [-0.1, -0.05) is 5.16 Å². The molecule has 2 amide bonds. The number of aryl methyl sites for hydroxylation is 1. The van der Waals surface area contributed by atoms with Gasteiger partial charge in [-0.3, -0.25) is 9.88 Å². The van der Waals surface area contributed by atoms with E-state index >= 15 is 0 Å². The highest BCUT2D eigenvalue weighted by atomic mass is 16.5. The van der Waals surface area contributed by atoms with Crippen molar-refractivity contribution in [2.75, 3.05) is 26.2 Å². The maximum atomic E-state index is 12.2. The predicted octanol–water partition coefficient (Wildman–Crippen LogP) is 1.41. The van der Waals surface area contributed by atoms with Crippen LogP contribution in [-0.2, 0) is 13.1 Å². The van der Waals surface area contributed by atoms with Gasteiger partial charge in [-0.15, -0.1) is 0 Å². The second-order valence-electron chi connectivity index (χ2n) is 5.71. The fourth-order valence-corrected chi connectivity index (χ4v) is 2.61. The zero-order chi connectivity index (χ0) is 16.1. The van der Waals surface area contributed by atoms with Gasteiger partial charge in [0.2, 0.25) is 0 Å². The Hall–Kier alpha value is -2.41. The number of amides is 2. The van der Waals surface area contributed by atoms with Gasteiger partial charge in [-0.2, -0.15) is 0 Å². The summed E-state index contributed by atoms with van der Waals surface area (Å²) in [5.41, 5.74) is 1.95. The van der Waals surface area contributed by atoms with Crippen LogP contribution in [0.2, 0.25) is 0 Å². The van der Waals surface area contributed by atoms with Crippen LogP contribution in [0, 0.1) is 6.92 Å². The minimum absolute atomic E-state index is 0.0167. The number of hydrogen-bond donors (Lipinski definition) is 1. The van der Waals surface area contributed by atoms with E-state index in [0.717, 1.165) is 49.7 Å². The summed E-state index contributed by atoms with van der Waals surface area (Å²) in [4.78, 5) is 20.3. The maximum absolute atomic E-state index is 12.2. The number of urea groups is 1. The van der Waals surface area contributed by atoms with E-state index in [2.05, 4.69) is 20.4 Å². The van der Waals surface area contributed by atoms with Gasteiger partial charge in [0.05, 0.1) is 12.2 Å². The lowest BCUT2D eigenvalue weighted by Crippen LogP contribution is -2.51. The van der Waals surface area contributed by atoms with E-state index in [-0.39, 0.29) is 6.03 Å². The molecule has 0 aromatic carbocycles. The topological polar surface area (TPSA) is 74.5 Å². The summed E-state index contributed by atoms with van der Waals surface area (Å²) in [5, 5.41) is 6.85. The number of aromatic nitrogens is 2. The van der Waals surface area contributed by atoms with Gasteiger partial charge in [-0.25, -0.2) is 4.79 Å². The lowest BCUT2D eigenvalue weighted by atomic mass is 10.2. The average molecular weight is 315 g/mol. The smallest absolute Gasteiger partial charge is 0.317 e. The lowest BCUT2D eigenvalue weighted by Gasteiger charge is -2.34. The van der Waals surface area contributed by atoms with Crippen LogP contribution in [0.5, 0.6) is 0 Å². The Morgan fingerprint density at radius 2 is 2.00 bits per heavy atom. The van der Waals surface area contributed by atoms with Crippen molar-refractivity contribution in [2.24, 2.45) is 0 Å². The molecular formula is C16H21N5O2. The molecule has 1 fully saturated rings. The van der Waals surface area contributed by atoms with Crippen LogP contribution < -0.4 is 5.32 Å². The Labute approximate surface area is 135 Å². The molecule has 2 aromatic heterocycles. The number of carbonyl (C=O) groups excluding carboxylic acids is 1. The number of pyridine rings is 1. The number of nitrogens with zero attached hydrogens (tertiary/aromatic N) is 4. The summed E-state index contributed by atoms with van der Waals surface area (Å²) in [5.74, 6) is 0.873. The molecule has 0 atom stereocenters. The van der Waals surface area contributed by atoms with Crippen LogP contribution in [0.15, 0.2) is 35.1 Å². The van der Waals surface area contributed by atoms with Crippen molar-refractivity contribution in [3.63, 3.8) is 0 Å². The molecule has 3 rings (SSSR count). The zero-order valence-electron chi connectivity index (χ0n) is 13.2. The molecule has 0 spiro atoms. The maximum Gasteiger partial charge on any atom is 0.317 e. The summed E-state index contributed by atoms with van der Waals surface area (Å²) < 4.78 is 5.24. The van der Waals surface area contributed by atoms with Gasteiger partial charge in [0.1, 0.15) is 0 Å². The summed E-state index contributed by atoms with van der Waals surface area (Å²) >= 11 is 0. The van der Waals surface area contributed by atoms with Gasteiger partial charge in [0.25, 0.3) is 0 Å². The van der Waals surface area contributed by atoms with Crippen molar-refractivity contribution in [3.8, 4) is 0 Å². The Bertz CT molecular complexity index is 635. The first-order chi connectivity index (χ1) is 11.2. The molecule has 0 saturated carbocycles. The second kappa shape index (κ2) is 7.23. The van der Waals surface area contributed by atoms with Crippen LogP contribution in [0.3, 0.4) is 0 Å². The number of piperazine rings is 1. The number of hydrogen-bond acceptors (Lipinski definition) is 5. The van der Waals surface area contributed by atoms with Gasteiger partial charge in [0, 0.05) is 51.2 Å². The lowest BCUT2D eigenvalue weighted by molar-refractivity contribution is 0.128. The van der Waals surface area contributed by atoms with Gasteiger partial charge < -0.3 is 14.7 Å². The number of nitrogens with one attached hydrogen (secondary N) is 1. The normalized spacial score (nSPS) is 15.6. The standard InChI is InChI=1S/C16H21N5O2/c1-13-10-15(23-19-13)12-20-6-8-21(9-7-20)16(22)18-11-14-2-4-17-5-3-14/h2-5,10H,6-9,11-12H2,1H3,(H,18,22). The van der Waals surface area contributed by atoms with Crippen LogP contribution in [0.4, 0.5) is 4.79 Å². The van der Waals surface area contributed by atoms with E-state index in [1.54, 1.807) is 12.4 Å². The number of rotatable bonds is 4. The summed E-state index contributed by atoms with van der Waals surface area (Å²) in [6, 6.07) is 5.74. The number of carbonyl (C=O) groups is 1. The van der Waals surface area contributed by atoms with Crippen LogP contribution in [0.1, 0.15) is 17.0 Å². The molecule has 1 N–H and O–H groups in total. The molecule has 3 heterocycles. The van der Waals surface area contributed by atoms with Gasteiger partial charge >= 0.3 is 6.03 Å². The van der Waals surface area contributed by atoms with Crippen molar-refractivity contribution in [2.45, 2.75) is 20.0 Å². The third-order valence-electron chi connectivity index (χ3n) is 3.91. The van der Waals surface area contributed by atoms with E-state index in [4.69, 9.17) is 4.52 Å². The van der Waals surface area contributed by atoms with E-state index in [1.165, 1.54) is 0 Å². The predicted molar refractivity (Wildman–Crippen MR) is 84.6 cm³/mol. The Morgan fingerprint density at radius 1 is 1.26 bits per heavy atom.